The molecule has 23 heavy (non-hydrogen) atoms. The van der Waals surface area contributed by atoms with E-state index in [2.05, 4.69) is 13.8 Å². The Balaban J connectivity index is 1.99. The van der Waals surface area contributed by atoms with Gasteiger partial charge >= 0.3 is 7.60 Å². The minimum absolute atomic E-state index is 0.0158. The number of nitro benzene ring substituents is 1. The molecule has 1 heterocycles. The molecule has 1 aromatic carbocycles. The Morgan fingerprint density at radius 3 is 2.30 bits per heavy atom. The molecule has 6 nitrogen and oxygen atoms in total. The Morgan fingerprint density at radius 2 is 1.83 bits per heavy atom. The summed E-state index contributed by atoms with van der Waals surface area (Å²) >= 11 is 0. The first-order chi connectivity index (χ1) is 10.9. The van der Waals surface area contributed by atoms with E-state index >= 15 is 0 Å². The molecule has 0 N–H and O–H groups in total. The van der Waals surface area contributed by atoms with Crippen LogP contribution in [0.15, 0.2) is 24.3 Å². The van der Waals surface area contributed by atoms with Crippen molar-refractivity contribution in [3.8, 4) is 0 Å². The van der Waals surface area contributed by atoms with E-state index in [0.29, 0.717) is 13.2 Å². The van der Waals surface area contributed by atoms with E-state index in [0.717, 1.165) is 31.2 Å². The van der Waals surface area contributed by atoms with E-state index in [1.165, 1.54) is 12.1 Å². The standard InChI is InChI=1S/C16H24NO5P/c1-3-5-10-16(4-2)12-21-23(20,22-13-16)11-14-6-8-15(9-7-14)17(18)19/h6-9H,3-5,10-13H2,1-2H3. The molecule has 0 aliphatic carbocycles. The van der Waals surface area contributed by atoms with Gasteiger partial charge in [0.15, 0.2) is 0 Å². The molecule has 1 aliphatic rings. The monoisotopic (exact) mass is 341 g/mol. The lowest BCUT2D eigenvalue weighted by atomic mass is 9.82. The molecule has 2 rings (SSSR count). The fraction of sp³-hybridized carbons (Fsp3) is 0.625. The molecule has 1 saturated heterocycles. The Hall–Kier alpha value is -1.23. The van der Waals surface area contributed by atoms with Crippen LogP contribution in [0, 0.1) is 15.5 Å². The molecule has 0 unspecified atom stereocenters. The summed E-state index contributed by atoms with van der Waals surface area (Å²) in [4.78, 5) is 10.2. The lowest BCUT2D eigenvalue weighted by Crippen LogP contribution is -2.35. The number of hydrogen-bond donors (Lipinski definition) is 0. The van der Waals surface area contributed by atoms with Crippen LogP contribution in [0.1, 0.15) is 45.1 Å². The van der Waals surface area contributed by atoms with E-state index < -0.39 is 12.5 Å². The molecule has 0 radical (unpaired) electrons. The number of hydrogen-bond acceptors (Lipinski definition) is 5. The molecule has 1 aromatic rings. The summed E-state index contributed by atoms with van der Waals surface area (Å²) in [6.07, 6.45) is 4.32. The van der Waals surface area contributed by atoms with E-state index in [9.17, 15) is 14.7 Å². The number of nitro groups is 1. The summed E-state index contributed by atoms with van der Waals surface area (Å²) in [5.41, 5.74) is 0.693. The minimum atomic E-state index is -3.17. The van der Waals surface area contributed by atoms with Gasteiger partial charge in [0.2, 0.25) is 0 Å². The van der Waals surface area contributed by atoms with Gasteiger partial charge in [0.1, 0.15) is 0 Å². The molecule has 1 aliphatic heterocycles. The van der Waals surface area contributed by atoms with Crippen molar-refractivity contribution >= 4 is 13.3 Å². The van der Waals surface area contributed by atoms with Gasteiger partial charge in [-0.3, -0.25) is 14.7 Å². The van der Waals surface area contributed by atoms with Crippen molar-refractivity contribution in [2.24, 2.45) is 5.41 Å². The van der Waals surface area contributed by atoms with Crippen LogP contribution in [0.3, 0.4) is 0 Å². The maximum absolute atomic E-state index is 12.7. The Labute approximate surface area is 136 Å². The van der Waals surface area contributed by atoms with E-state index in [4.69, 9.17) is 9.05 Å². The van der Waals surface area contributed by atoms with Crippen LogP contribution in [0.25, 0.3) is 0 Å². The fourth-order valence-corrected chi connectivity index (χ4v) is 4.52. The highest BCUT2D eigenvalue weighted by molar-refractivity contribution is 7.53. The van der Waals surface area contributed by atoms with Crippen molar-refractivity contribution in [3.63, 3.8) is 0 Å². The van der Waals surface area contributed by atoms with E-state index in [1.54, 1.807) is 12.1 Å². The van der Waals surface area contributed by atoms with Gasteiger partial charge in [-0.05, 0) is 18.4 Å². The molecule has 0 aromatic heterocycles. The minimum Gasteiger partial charge on any atom is -0.308 e. The normalized spacial score (nSPS) is 27.7. The highest BCUT2D eigenvalue weighted by atomic mass is 31.2. The van der Waals surface area contributed by atoms with Crippen LogP contribution in [0.5, 0.6) is 0 Å². The molecule has 1 fully saturated rings. The van der Waals surface area contributed by atoms with Crippen LogP contribution in [0.4, 0.5) is 5.69 Å². The number of benzene rings is 1. The second-order valence-corrected chi connectivity index (χ2v) is 8.25. The molecule has 0 bridgehead atoms. The lowest BCUT2D eigenvalue weighted by molar-refractivity contribution is -0.384. The summed E-state index contributed by atoms with van der Waals surface area (Å²) in [5.74, 6) is 0. The molecule has 0 amide bonds. The lowest BCUT2D eigenvalue weighted by Gasteiger charge is -2.39. The molecular weight excluding hydrogens is 317 g/mol. The van der Waals surface area contributed by atoms with Crippen molar-refractivity contribution < 1.29 is 18.5 Å². The number of non-ortho nitro benzene ring substituents is 1. The average molecular weight is 341 g/mol. The topological polar surface area (TPSA) is 78.7 Å². The number of nitrogens with zero attached hydrogens (tertiary/aromatic N) is 1. The largest absolute Gasteiger partial charge is 0.335 e. The van der Waals surface area contributed by atoms with E-state index in [-0.39, 0.29) is 17.3 Å². The van der Waals surface area contributed by atoms with Crippen molar-refractivity contribution in [2.75, 3.05) is 13.2 Å². The third kappa shape index (κ3) is 4.63. The maximum Gasteiger partial charge on any atom is 0.335 e. The summed E-state index contributed by atoms with van der Waals surface area (Å²) in [7, 11) is -3.17. The Bertz CT molecular complexity index is 575. The zero-order valence-corrected chi connectivity index (χ0v) is 14.6. The third-order valence-electron chi connectivity index (χ3n) is 4.47. The predicted molar refractivity (Wildman–Crippen MR) is 88.6 cm³/mol. The van der Waals surface area contributed by atoms with Crippen molar-refractivity contribution in [1.82, 2.24) is 0 Å². The molecule has 0 saturated carbocycles. The maximum atomic E-state index is 12.7. The van der Waals surface area contributed by atoms with Gasteiger partial charge in [-0.15, -0.1) is 0 Å². The second-order valence-electron chi connectivity index (χ2n) is 6.20. The summed E-state index contributed by atoms with van der Waals surface area (Å²) in [5, 5.41) is 10.7. The average Bonchev–Trinajstić information content (AvgIpc) is 2.55. The van der Waals surface area contributed by atoms with Gasteiger partial charge in [-0.2, -0.15) is 0 Å². The van der Waals surface area contributed by atoms with Gasteiger partial charge in [-0.25, -0.2) is 0 Å². The SMILES string of the molecule is CCCCC1(CC)COP(=O)(Cc2ccc([N+](=O)[O-])cc2)OC1. The van der Waals surface area contributed by atoms with Gasteiger partial charge in [0.25, 0.3) is 5.69 Å². The molecule has 7 heteroatoms. The van der Waals surface area contributed by atoms with Gasteiger partial charge in [0, 0.05) is 17.5 Å². The van der Waals surface area contributed by atoms with Crippen molar-refractivity contribution in [2.45, 2.75) is 45.7 Å². The zero-order chi connectivity index (χ0) is 16.9. The Kier molecular flexibility index (Phi) is 5.95. The predicted octanol–water partition coefficient (Wildman–Crippen LogP) is 4.92. The first-order valence-corrected chi connectivity index (χ1v) is 9.76. The third-order valence-corrected chi connectivity index (χ3v) is 6.27. The Morgan fingerprint density at radius 1 is 1.22 bits per heavy atom. The van der Waals surface area contributed by atoms with Crippen LogP contribution >= 0.6 is 7.60 Å². The van der Waals surface area contributed by atoms with Crippen molar-refractivity contribution in [1.29, 1.82) is 0 Å². The van der Waals surface area contributed by atoms with Crippen LogP contribution in [-0.2, 0) is 19.8 Å². The number of unbranched alkanes of at least 4 members (excludes halogenated alkanes) is 1. The fourth-order valence-electron chi connectivity index (χ4n) is 2.66. The molecule has 0 atom stereocenters. The molecule has 0 spiro atoms. The van der Waals surface area contributed by atoms with Crippen LogP contribution < -0.4 is 0 Å². The van der Waals surface area contributed by atoms with Crippen LogP contribution in [-0.4, -0.2) is 18.1 Å². The zero-order valence-electron chi connectivity index (χ0n) is 13.7. The van der Waals surface area contributed by atoms with Gasteiger partial charge in [0.05, 0.1) is 24.3 Å². The summed E-state index contributed by atoms with van der Waals surface area (Å²) < 4.78 is 24.0. The van der Waals surface area contributed by atoms with E-state index in [1.807, 2.05) is 0 Å². The number of rotatable bonds is 7. The van der Waals surface area contributed by atoms with Gasteiger partial charge < -0.3 is 9.05 Å². The molecular formula is C16H24NO5P. The first-order valence-electron chi connectivity index (χ1n) is 8.03. The van der Waals surface area contributed by atoms with Gasteiger partial charge in [-0.1, -0.05) is 38.8 Å². The van der Waals surface area contributed by atoms with Crippen LogP contribution in [0.2, 0.25) is 0 Å². The first kappa shape index (κ1) is 18.1. The summed E-state index contributed by atoms with van der Waals surface area (Å²) in [6.45, 7) is 5.16. The highest BCUT2D eigenvalue weighted by Crippen LogP contribution is 2.57. The quantitative estimate of drug-likeness (QED) is 0.399. The second kappa shape index (κ2) is 7.56. The highest BCUT2D eigenvalue weighted by Gasteiger charge is 2.40. The summed E-state index contributed by atoms with van der Waals surface area (Å²) in [6, 6.07) is 6.01. The molecule has 128 valence electrons. The van der Waals surface area contributed by atoms with Crippen molar-refractivity contribution in [3.05, 3.63) is 39.9 Å². The smallest absolute Gasteiger partial charge is 0.308 e.